The van der Waals surface area contributed by atoms with Crippen LogP contribution < -0.4 is 15.0 Å². The molecule has 11 heteroatoms. The molecule has 48 heavy (non-hydrogen) atoms. The molecule has 0 unspecified atom stereocenters. The number of nitrogens with zero attached hydrogens (tertiary/aromatic N) is 6. The fourth-order valence-corrected chi connectivity index (χ4v) is 7.74. The summed E-state index contributed by atoms with van der Waals surface area (Å²) in [6.07, 6.45) is 10.6. The van der Waals surface area contributed by atoms with Gasteiger partial charge in [0.15, 0.2) is 5.82 Å². The Kier molecular flexibility index (Phi) is 8.17. The molecular formula is C37H38F3N7O. The molecule has 2 aromatic carbocycles. The predicted molar refractivity (Wildman–Crippen MR) is 180 cm³/mol. The lowest BCUT2D eigenvalue weighted by molar-refractivity contribution is 0.107. The summed E-state index contributed by atoms with van der Waals surface area (Å²) in [4.78, 5) is 18.0. The molecule has 3 fully saturated rings. The zero-order chi connectivity index (χ0) is 33.8. The Morgan fingerprint density at radius 1 is 1.23 bits per heavy atom. The molecule has 0 bridgehead atoms. The molecule has 3 saturated heterocycles. The number of hydrogen-bond donors (Lipinski definition) is 1. The van der Waals surface area contributed by atoms with Crippen LogP contribution in [-0.2, 0) is 5.41 Å². The number of rotatable bonds is 8. The maximum atomic E-state index is 17.1. The second-order valence-electron chi connectivity index (χ2n) is 14.0. The van der Waals surface area contributed by atoms with Crippen LogP contribution in [0.2, 0.25) is 0 Å². The maximum Gasteiger partial charge on any atom is 0.319 e. The summed E-state index contributed by atoms with van der Waals surface area (Å²) in [6.45, 7) is 6.44. The van der Waals surface area contributed by atoms with Gasteiger partial charge in [-0.3, -0.25) is 9.88 Å². The molecule has 248 valence electrons. The van der Waals surface area contributed by atoms with Gasteiger partial charge >= 0.3 is 6.01 Å². The third kappa shape index (κ3) is 5.49. The third-order valence-corrected chi connectivity index (χ3v) is 10.4. The second-order valence-corrected chi connectivity index (χ2v) is 14.0. The summed E-state index contributed by atoms with van der Waals surface area (Å²) in [5.41, 5.74) is -0.657. The highest BCUT2D eigenvalue weighted by molar-refractivity contribution is 6.02. The summed E-state index contributed by atoms with van der Waals surface area (Å²) in [5, 5.41) is 14.7. The zero-order valence-corrected chi connectivity index (χ0v) is 27.4. The lowest BCUT2D eigenvalue weighted by atomic mass is 9.82. The predicted octanol–water partition coefficient (Wildman–Crippen LogP) is 6.05. The number of pyridine rings is 1. The van der Waals surface area contributed by atoms with Crippen LogP contribution in [0.1, 0.15) is 57.1 Å². The van der Waals surface area contributed by atoms with Crippen molar-refractivity contribution in [2.45, 2.75) is 69.1 Å². The minimum Gasteiger partial charge on any atom is -0.461 e. The number of likely N-dealkylation sites (N-methyl/N-ethyl adjacent to an activating group) is 1. The molecule has 5 heterocycles. The van der Waals surface area contributed by atoms with Gasteiger partial charge in [0.05, 0.1) is 28.0 Å². The molecule has 8 nitrogen and oxygen atoms in total. The molecule has 2 aromatic heterocycles. The number of nitriles is 1. The molecule has 7 rings (SSSR count). The molecule has 0 aliphatic carbocycles. The van der Waals surface area contributed by atoms with Gasteiger partial charge in [-0.05, 0) is 81.8 Å². The molecule has 3 atom stereocenters. The van der Waals surface area contributed by atoms with Crippen LogP contribution in [0.3, 0.4) is 0 Å². The van der Waals surface area contributed by atoms with Crippen LogP contribution in [0, 0.1) is 35.3 Å². The minimum atomic E-state index is -0.944. The first-order chi connectivity index (χ1) is 23.0. The van der Waals surface area contributed by atoms with Crippen molar-refractivity contribution in [3.05, 3.63) is 53.2 Å². The molecule has 0 radical (unpaired) electrons. The van der Waals surface area contributed by atoms with E-state index in [1.165, 1.54) is 12.3 Å². The van der Waals surface area contributed by atoms with Gasteiger partial charge in [0, 0.05) is 49.7 Å². The molecule has 3 aliphatic heterocycles. The number of aromatic nitrogens is 3. The van der Waals surface area contributed by atoms with E-state index < -0.39 is 28.8 Å². The Morgan fingerprint density at radius 3 is 2.81 bits per heavy atom. The normalized spacial score (nSPS) is 22.6. The number of halogens is 3. The van der Waals surface area contributed by atoms with Crippen LogP contribution in [0.25, 0.3) is 32.9 Å². The Bertz CT molecular complexity index is 2000. The largest absolute Gasteiger partial charge is 0.461 e. The Morgan fingerprint density at radius 2 is 2.06 bits per heavy atom. The Hall–Kier alpha value is -4.45. The lowest BCUT2D eigenvalue weighted by Gasteiger charge is -2.31. The number of ether oxygens (including phenoxy) is 1. The van der Waals surface area contributed by atoms with Crippen LogP contribution in [0.4, 0.5) is 19.0 Å². The highest BCUT2D eigenvalue weighted by Crippen LogP contribution is 2.42. The van der Waals surface area contributed by atoms with Crippen molar-refractivity contribution in [2.75, 3.05) is 44.7 Å². The van der Waals surface area contributed by atoms with E-state index in [1.807, 2.05) is 11.9 Å². The SMILES string of the molecule is C#Cc1c(F)ccc2cc(C(C)(C)C#N)cc(-c3ncc4c(N(C)C[C@H]5CCCN5)nc(OC[C@@]56CCCN5C[C@H](F)C6)nc4c3F)c12. The number of benzene rings is 2. The number of hydrogen-bond acceptors (Lipinski definition) is 8. The van der Waals surface area contributed by atoms with Crippen molar-refractivity contribution in [3.63, 3.8) is 0 Å². The van der Waals surface area contributed by atoms with Gasteiger partial charge in [0.1, 0.15) is 35.6 Å². The van der Waals surface area contributed by atoms with E-state index in [-0.39, 0.29) is 41.0 Å². The summed E-state index contributed by atoms with van der Waals surface area (Å²) >= 11 is 0. The maximum absolute atomic E-state index is 17.1. The molecule has 0 saturated carbocycles. The second kappa shape index (κ2) is 12.2. The average molecular weight is 654 g/mol. The van der Waals surface area contributed by atoms with E-state index in [4.69, 9.17) is 16.1 Å². The van der Waals surface area contributed by atoms with Gasteiger partial charge in [-0.1, -0.05) is 12.0 Å². The van der Waals surface area contributed by atoms with Crippen molar-refractivity contribution < 1.29 is 17.9 Å². The quantitative estimate of drug-likeness (QED) is 0.230. The first-order valence-electron chi connectivity index (χ1n) is 16.5. The molecule has 0 spiro atoms. The average Bonchev–Trinajstić information content (AvgIpc) is 3.80. The van der Waals surface area contributed by atoms with E-state index in [9.17, 15) is 9.65 Å². The Labute approximate surface area is 278 Å². The van der Waals surface area contributed by atoms with Crippen molar-refractivity contribution in [2.24, 2.45) is 0 Å². The van der Waals surface area contributed by atoms with Crippen molar-refractivity contribution in [3.8, 4) is 35.7 Å². The fraction of sp³-hybridized carbons (Fsp3) is 0.459. The van der Waals surface area contributed by atoms with Crippen molar-refractivity contribution in [1.82, 2.24) is 25.2 Å². The number of anilines is 1. The highest BCUT2D eigenvalue weighted by atomic mass is 19.1. The highest BCUT2D eigenvalue weighted by Gasteiger charge is 2.49. The van der Waals surface area contributed by atoms with Crippen LogP contribution >= 0.6 is 0 Å². The summed E-state index contributed by atoms with van der Waals surface area (Å²) in [7, 11) is 1.89. The first kappa shape index (κ1) is 32.1. The fourth-order valence-electron chi connectivity index (χ4n) is 7.74. The van der Waals surface area contributed by atoms with Crippen molar-refractivity contribution >= 4 is 27.5 Å². The van der Waals surface area contributed by atoms with E-state index in [1.54, 1.807) is 32.0 Å². The lowest BCUT2D eigenvalue weighted by Crippen LogP contribution is -2.43. The molecule has 4 aromatic rings. The van der Waals surface area contributed by atoms with Gasteiger partial charge in [0.25, 0.3) is 0 Å². The van der Waals surface area contributed by atoms with Gasteiger partial charge in [-0.25, -0.2) is 13.2 Å². The van der Waals surface area contributed by atoms with E-state index in [0.717, 1.165) is 38.8 Å². The van der Waals surface area contributed by atoms with Gasteiger partial charge < -0.3 is 15.0 Å². The first-order valence-corrected chi connectivity index (χ1v) is 16.5. The van der Waals surface area contributed by atoms with Gasteiger partial charge in [0.2, 0.25) is 0 Å². The number of terminal acetylenes is 1. The number of alkyl halides is 1. The zero-order valence-electron chi connectivity index (χ0n) is 27.4. The van der Waals surface area contributed by atoms with Gasteiger partial charge in [-0.15, -0.1) is 6.42 Å². The minimum absolute atomic E-state index is 0.0112. The van der Waals surface area contributed by atoms with Crippen LogP contribution in [-0.4, -0.2) is 77.4 Å². The standard InChI is InChI=1S/C37H38F3N7O/c1-5-26-29(39)10-9-22-14-23(36(2,3)20-41)15-27(30(22)26)32-31(40)33-28(17-43-32)34(46(4)19-25-8-6-12-42-25)45-35(44-33)48-21-37-11-7-13-47(37)18-24(38)16-37/h1,9-10,14-15,17,24-25,42H,6-8,11-13,16,18-19,21H2,2-4H3/t24-,25-,37+/m1/s1. The van der Waals surface area contributed by atoms with E-state index >= 15 is 8.78 Å². The number of fused-ring (bicyclic) bond motifs is 3. The Balaban J connectivity index is 1.40. The summed E-state index contributed by atoms with van der Waals surface area (Å²) in [6, 6.07) is 8.79. The van der Waals surface area contributed by atoms with E-state index in [0.29, 0.717) is 47.1 Å². The molecule has 0 amide bonds. The topological polar surface area (TPSA) is 90.2 Å². The van der Waals surface area contributed by atoms with E-state index in [2.05, 4.69) is 32.2 Å². The third-order valence-electron chi connectivity index (χ3n) is 10.4. The monoisotopic (exact) mass is 653 g/mol. The van der Waals surface area contributed by atoms with Crippen LogP contribution in [0.15, 0.2) is 30.5 Å². The van der Waals surface area contributed by atoms with Crippen LogP contribution in [0.5, 0.6) is 6.01 Å². The van der Waals surface area contributed by atoms with Crippen molar-refractivity contribution in [1.29, 1.82) is 5.26 Å². The molecule has 1 N–H and O–H groups in total. The summed E-state index contributed by atoms with van der Waals surface area (Å²) < 4.78 is 52.9. The smallest absolute Gasteiger partial charge is 0.319 e. The summed E-state index contributed by atoms with van der Waals surface area (Å²) in [5.74, 6) is 1.51. The van der Waals surface area contributed by atoms with Gasteiger partial charge in [-0.2, -0.15) is 15.2 Å². The number of nitrogens with one attached hydrogen (secondary N) is 1. The molecular weight excluding hydrogens is 615 g/mol. The molecule has 3 aliphatic rings.